The molecular formula is C15H25N3S. The zero-order valence-electron chi connectivity index (χ0n) is 12.4. The van der Waals surface area contributed by atoms with Crippen LogP contribution in [0.3, 0.4) is 0 Å². The highest BCUT2D eigenvalue weighted by molar-refractivity contribution is 7.80. The van der Waals surface area contributed by atoms with Crippen molar-refractivity contribution < 1.29 is 0 Å². The average molecular weight is 279 g/mol. The predicted molar refractivity (Wildman–Crippen MR) is 86.7 cm³/mol. The van der Waals surface area contributed by atoms with E-state index in [1.807, 2.05) is 12.3 Å². The Labute approximate surface area is 122 Å². The number of hydrogen-bond donors (Lipinski definition) is 1. The molecule has 19 heavy (non-hydrogen) atoms. The third-order valence-electron chi connectivity index (χ3n) is 3.32. The van der Waals surface area contributed by atoms with Crippen LogP contribution in [0.1, 0.15) is 46.1 Å². The van der Waals surface area contributed by atoms with E-state index >= 15 is 0 Å². The molecule has 0 aliphatic carbocycles. The van der Waals surface area contributed by atoms with Crippen LogP contribution in [0.25, 0.3) is 0 Å². The van der Waals surface area contributed by atoms with E-state index in [1.165, 1.54) is 0 Å². The maximum absolute atomic E-state index is 5.84. The van der Waals surface area contributed by atoms with Gasteiger partial charge in [0, 0.05) is 24.3 Å². The molecule has 0 radical (unpaired) electrons. The van der Waals surface area contributed by atoms with Crippen LogP contribution in [-0.2, 0) is 0 Å². The Morgan fingerprint density at radius 3 is 2.47 bits per heavy atom. The fourth-order valence-corrected chi connectivity index (χ4v) is 2.56. The monoisotopic (exact) mass is 279 g/mol. The summed E-state index contributed by atoms with van der Waals surface area (Å²) >= 11 is 5.16. The Morgan fingerprint density at radius 2 is 2.00 bits per heavy atom. The van der Waals surface area contributed by atoms with Gasteiger partial charge in [-0.1, -0.05) is 39.9 Å². The Hall–Kier alpha value is -1.16. The maximum Gasteiger partial charge on any atom is 0.106 e. The van der Waals surface area contributed by atoms with Gasteiger partial charge in [-0.3, -0.25) is 4.98 Å². The molecule has 1 aromatic rings. The van der Waals surface area contributed by atoms with Crippen LogP contribution in [0, 0.1) is 5.92 Å². The van der Waals surface area contributed by atoms with E-state index in [2.05, 4.69) is 37.6 Å². The lowest BCUT2D eigenvalue weighted by atomic mass is 10.0. The second-order valence-electron chi connectivity index (χ2n) is 5.27. The Kier molecular flexibility index (Phi) is 6.22. The van der Waals surface area contributed by atoms with Crippen LogP contribution in [0.2, 0.25) is 0 Å². The summed E-state index contributed by atoms with van der Waals surface area (Å²) < 4.78 is 0. The van der Waals surface area contributed by atoms with Crippen LogP contribution in [0.5, 0.6) is 0 Å². The quantitative estimate of drug-likeness (QED) is 0.777. The summed E-state index contributed by atoms with van der Waals surface area (Å²) in [7, 11) is 0. The summed E-state index contributed by atoms with van der Waals surface area (Å²) in [5.74, 6) is 0.583. The van der Waals surface area contributed by atoms with Crippen LogP contribution in [-0.4, -0.2) is 22.6 Å². The molecule has 0 aliphatic heterocycles. The van der Waals surface area contributed by atoms with Gasteiger partial charge in [-0.15, -0.1) is 0 Å². The van der Waals surface area contributed by atoms with Gasteiger partial charge in [0.05, 0.1) is 11.9 Å². The minimum atomic E-state index is 0.442. The Balaban J connectivity index is 3.20. The van der Waals surface area contributed by atoms with Crippen molar-refractivity contribution in [2.45, 2.75) is 46.6 Å². The molecule has 0 bridgehead atoms. The summed E-state index contributed by atoms with van der Waals surface area (Å²) in [6, 6.07) is 2.41. The molecule has 3 nitrogen and oxygen atoms in total. The number of hydrogen-bond acceptors (Lipinski definition) is 3. The number of thiocarbonyl (C=S) groups is 1. The molecule has 0 atom stereocenters. The van der Waals surface area contributed by atoms with Gasteiger partial charge in [-0.05, 0) is 24.8 Å². The van der Waals surface area contributed by atoms with Crippen LogP contribution >= 0.6 is 12.2 Å². The van der Waals surface area contributed by atoms with Gasteiger partial charge in [-0.2, -0.15) is 0 Å². The molecule has 0 saturated heterocycles. The number of anilines is 1. The van der Waals surface area contributed by atoms with Gasteiger partial charge in [0.1, 0.15) is 4.99 Å². The van der Waals surface area contributed by atoms with Crippen LogP contribution in [0.15, 0.2) is 18.5 Å². The molecular weight excluding hydrogens is 254 g/mol. The molecule has 0 saturated carbocycles. The SMILES string of the molecule is CCC(CC)N(CC(C)C)c1cnccc1C(N)=S. The number of rotatable bonds is 7. The minimum Gasteiger partial charge on any atom is -0.389 e. The van der Waals surface area contributed by atoms with E-state index < -0.39 is 0 Å². The van der Waals surface area contributed by atoms with Crippen molar-refractivity contribution in [3.63, 3.8) is 0 Å². The van der Waals surface area contributed by atoms with Crippen LogP contribution < -0.4 is 10.6 Å². The van der Waals surface area contributed by atoms with E-state index in [1.54, 1.807) is 6.20 Å². The lowest BCUT2D eigenvalue weighted by Gasteiger charge is -2.35. The van der Waals surface area contributed by atoms with Crippen molar-refractivity contribution >= 4 is 22.9 Å². The summed E-state index contributed by atoms with van der Waals surface area (Å²) in [6.45, 7) is 9.89. The Morgan fingerprint density at radius 1 is 1.37 bits per heavy atom. The van der Waals surface area contributed by atoms with E-state index in [9.17, 15) is 0 Å². The number of pyridine rings is 1. The van der Waals surface area contributed by atoms with E-state index in [-0.39, 0.29) is 0 Å². The van der Waals surface area contributed by atoms with Crippen molar-refractivity contribution in [3.8, 4) is 0 Å². The second-order valence-corrected chi connectivity index (χ2v) is 5.71. The fraction of sp³-hybridized carbons (Fsp3) is 0.600. The van der Waals surface area contributed by atoms with Gasteiger partial charge < -0.3 is 10.6 Å². The summed E-state index contributed by atoms with van der Waals surface area (Å²) in [6.07, 6.45) is 5.84. The highest BCUT2D eigenvalue weighted by atomic mass is 32.1. The number of nitrogens with zero attached hydrogens (tertiary/aromatic N) is 2. The standard InChI is InChI=1S/C15H25N3S/c1-5-12(6-2)18(10-11(3)4)14-9-17-8-7-13(14)15(16)19/h7-9,11-12H,5-6,10H2,1-4H3,(H2,16,19). The zero-order chi connectivity index (χ0) is 14.4. The van der Waals surface area contributed by atoms with Gasteiger partial charge in [0.25, 0.3) is 0 Å². The normalized spacial score (nSPS) is 11.1. The second kappa shape index (κ2) is 7.43. The topological polar surface area (TPSA) is 42.2 Å². The van der Waals surface area contributed by atoms with Crippen molar-refractivity contribution in [2.75, 3.05) is 11.4 Å². The highest BCUT2D eigenvalue weighted by Crippen LogP contribution is 2.25. The molecule has 1 aromatic heterocycles. The van der Waals surface area contributed by atoms with Crippen molar-refractivity contribution in [1.29, 1.82) is 0 Å². The van der Waals surface area contributed by atoms with Gasteiger partial charge in [0.15, 0.2) is 0 Å². The lowest BCUT2D eigenvalue weighted by molar-refractivity contribution is 0.507. The third-order valence-corrected chi connectivity index (χ3v) is 3.54. The first-order valence-corrected chi connectivity index (χ1v) is 7.42. The summed E-state index contributed by atoms with van der Waals surface area (Å²) in [4.78, 5) is 7.10. The first kappa shape index (κ1) is 15.9. The van der Waals surface area contributed by atoms with Gasteiger partial charge in [-0.25, -0.2) is 0 Å². The van der Waals surface area contributed by atoms with E-state index in [4.69, 9.17) is 18.0 Å². The zero-order valence-corrected chi connectivity index (χ0v) is 13.2. The molecule has 0 unspecified atom stereocenters. The van der Waals surface area contributed by atoms with Crippen molar-refractivity contribution in [1.82, 2.24) is 4.98 Å². The molecule has 4 heteroatoms. The molecule has 1 heterocycles. The molecule has 0 aliphatic rings. The smallest absolute Gasteiger partial charge is 0.106 e. The molecule has 106 valence electrons. The third kappa shape index (κ3) is 4.16. The fourth-order valence-electron chi connectivity index (χ4n) is 2.39. The van der Waals surface area contributed by atoms with Gasteiger partial charge >= 0.3 is 0 Å². The summed E-state index contributed by atoms with van der Waals surface area (Å²) in [5, 5.41) is 0. The van der Waals surface area contributed by atoms with Crippen molar-refractivity contribution in [3.05, 3.63) is 24.0 Å². The average Bonchev–Trinajstić information content (AvgIpc) is 2.38. The molecule has 0 aromatic carbocycles. The van der Waals surface area contributed by atoms with Gasteiger partial charge in [0.2, 0.25) is 0 Å². The maximum atomic E-state index is 5.84. The predicted octanol–water partition coefficient (Wildman–Crippen LogP) is 3.37. The lowest BCUT2D eigenvalue weighted by Crippen LogP contribution is -2.38. The highest BCUT2D eigenvalue weighted by Gasteiger charge is 2.20. The van der Waals surface area contributed by atoms with E-state index in [0.717, 1.165) is 30.6 Å². The molecule has 0 spiro atoms. The Bertz CT molecular complexity index is 414. The minimum absolute atomic E-state index is 0.442. The molecule has 0 fully saturated rings. The summed E-state index contributed by atoms with van der Waals surface area (Å²) in [5.41, 5.74) is 7.84. The molecule has 2 N–H and O–H groups in total. The number of nitrogens with two attached hydrogens (primary N) is 1. The van der Waals surface area contributed by atoms with E-state index in [0.29, 0.717) is 16.9 Å². The molecule has 1 rings (SSSR count). The first-order valence-electron chi connectivity index (χ1n) is 7.01. The first-order chi connectivity index (χ1) is 9.01. The van der Waals surface area contributed by atoms with Crippen molar-refractivity contribution in [2.24, 2.45) is 11.7 Å². The van der Waals surface area contributed by atoms with Crippen LogP contribution in [0.4, 0.5) is 5.69 Å². The largest absolute Gasteiger partial charge is 0.389 e. The number of aromatic nitrogens is 1. The molecule has 0 amide bonds.